The van der Waals surface area contributed by atoms with Gasteiger partial charge in [0.1, 0.15) is 11.5 Å². The highest BCUT2D eigenvalue weighted by Crippen LogP contribution is 2.13. The minimum atomic E-state index is -0.245. The van der Waals surface area contributed by atoms with Gasteiger partial charge >= 0.3 is 0 Å². The summed E-state index contributed by atoms with van der Waals surface area (Å²) in [5.41, 5.74) is 0.416. The zero-order valence-corrected chi connectivity index (χ0v) is 8.48. The minimum absolute atomic E-state index is 0.245. The van der Waals surface area contributed by atoms with E-state index in [4.69, 9.17) is 4.74 Å². The number of ether oxygens (including phenoxy) is 1. The number of aromatic nitrogens is 1. The molecule has 1 saturated heterocycles. The van der Waals surface area contributed by atoms with Crippen molar-refractivity contribution in [2.45, 2.75) is 0 Å². The van der Waals surface area contributed by atoms with Crippen molar-refractivity contribution in [1.29, 1.82) is 0 Å². The molecular weight excluding hydrogens is 192 g/mol. The summed E-state index contributed by atoms with van der Waals surface area (Å²) in [6.07, 6.45) is 0. The van der Waals surface area contributed by atoms with Gasteiger partial charge in [-0.05, 0) is 12.1 Å². The first-order valence-electron chi connectivity index (χ1n) is 4.93. The van der Waals surface area contributed by atoms with E-state index in [9.17, 15) is 4.79 Å². The van der Waals surface area contributed by atoms with E-state index < -0.39 is 0 Å². The molecule has 4 nitrogen and oxygen atoms in total. The van der Waals surface area contributed by atoms with Crippen LogP contribution < -0.4 is 4.90 Å². The van der Waals surface area contributed by atoms with E-state index in [0.717, 1.165) is 18.9 Å². The number of pyridine rings is 1. The van der Waals surface area contributed by atoms with Gasteiger partial charge in [0.2, 0.25) is 0 Å². The molecule has 1 aliphatic rings. The molecule has 1 fully saturated rings. The van der Waals surface area contributed by atoms with Gasteiger partial charge in [0.15, 0.2) is 5.78 Å². The third kappa shape index (κ3) is 2.33. The fourth-order valence-electron chi connectivity index (χ4n) is 1.55. The number of Topliss-reactive ketones (excluding diaryl/α,β-unsaturated/α-hetero) is 1. The van der Waals surface area contributed by atoms with Crippen LogP contribution in [0, 0.1) is 6.92 Å². The molecular formula is C11H13N2O2. The van der Waals surface area contributed by atoms with Crippen molar-refractivity contribution < 1.29 is 9.53 Å². The monoisotopic (exact) mass is 205 g/mol. The van der Waals surface area contributed by atoms with Crippen LogP contribution >= 0.6 is 0 Å². The summed E-state index contributed by atoms with van der Waals surface area (Å²) >= 11 is 0. The zero-order chi connectivity index (χ0) is 10.7. The lowest BCUT2D eigenvalue weighted by atomic mass is 10.2. The number of hydrogen-bond donors (Lipinski definition) is 0. The highest BCUT2D eigenvalue weighted by atomic mass is 16.5. The van der Waals surface area contributed by atoms with Crippen LogP contribution in [0.4, 0.5) is 5.82 Å². The highest BCUT2D eigenvalue weighted by Gasteiger charge is 2.13. The molecule has 15 heavy (non-hydrogen) atoms. The predicted molar refractivity (Wildman–Crippen MR) is 57.0 cm³/mol. The fraction of sp³-hybridized carbons (Fsp3) is 0.364. The maximum absolute atomic E-state index is 11.1. The van der Waals surface area contributed by atoms with Crippen LogP contribution in [-0.2, 0) is 4.74 Å². The second kappa shape index (κ2) is 4.40. The molecule has 2 heterocycles. The summed E-state index contributed by atoms with van der Waals surface area (Å²) in [5.74, 6) is 0.581. The van der Waals surface area contributed by atoms with Crippen molar-refractivity contribution in [2.24, 2.45) is 0 Å². The van der Waals surface area contributed by atoms with E-state index in [1.165, 1.54) is 0 Å². The quantitative estimate of drug-likeness (QED) is 0.674. The first kappa shape index (κ1) is 10.1. The number of nitrogens with zero attached hydrogens (tertiary/aromatic N) is 2. The Kier molecular flexibility index (Phi) is 2.97. The van der Waals surface area contributed by atoms with Gasteiger partial charge in [0.25, 0.3) is 0 Å². The Morgan fingerprint density at radius 1 is 1.40 bits per heavy atom. The molecule has 0 N–H and O–H groups in total. The van der Waals surface area contributed by atoms with Crippen molar-refractivity contribution in [3.8, 4) is 0 Å². The second-order valence-electron chi connectivity index (χ2n) is 3.40. The smallest absolute Gasteiger partial charge is 0.181 e. The Balaban J connectivity index is 2.19. The van der Waals surface area contributed by atoms with Gasteiger partial charge in [-0.2, -0.15) is 0 Å². The number of carbonyl (C=O) groups excluding carboxylic acids is 1. The molecule has 1 radical (unpaired) electrons. The average Bonchev–Trinajstić information content (AvgIpc) is 2.30. The molecule has 0 amide bonds. The van der Waals surface area contributed by atoms with Crippen molar-refractivity contribution in [2.75, 3.05) is 31.2 Å². The molecule has 2 rings (SSSR count). The maximum Gasteiger partial charge on any atom is 0.181 e. The zero-order valence-electron chi connectivity index (χ0n) is 8.48. The molecule has 4 heteroatoms. The Hall–Kier alpha value is -1.42. The van der Waals surface area contributed by atoms with Crippen LogP contribution in [0.25, 0.3) is 0 Å². The Labute approximate surface area is 88.9 Å². The van der Waals surface area contributed by atoms with Gasteiger partial charge in [0, 0.05) is 20.0 Å². The number of rotatable bonds is 2. The Bertz CT molecular complexity index is 359. The van der Waals surface area contributed by atoms with Crippen LogP contribution in [0.2, 0.25) is 0 Å². The van der Waals surface area contributed by atoms with E-state index in [1.807, 2.05) is 12.1 Å². The molecule has 0 spiro atoms. The molecule has 0 bridgehead atoms. The average molecular weight is 205 g/mol. The normalized spacial score (nSPS) is 16.5. The minimum Gasteiger partial charge on any atom is -0.378 e. The largest absolute Gasteiger partial charge is 0.378 e. The van der Waals surface area contributed by atoms with Crippen molar-refractivity contribution >= 4 is 11.6 Å². The number of ketones is 1. The topological polar surface area (TPSA) is 42.4 Å². The van der Waals surface area contributed by atoms with Gasteiger partial charge in [-0.1, -0.05) is 6.07 Å². The molecule has 1 aliphatic heterocycles. The number of carbonyl (C=O) groups is 1. The van der Waals surface area contributed by atoms with Gasteiger partial charge in [-0.15, -0.1) is 0 Å². The van der Waals surface area contributed by atoms with Gasteiger partial charge in [-0.3, -0.25) is 4.79 Å². The molecule has 0 atom stereocenters. The lowest BCUT2D eigenvalue weighted by Crippen LogP contribution is -2.36. The summed E-state index contributed by atoms with van der Waals surface area (Å²) < 4.78 is 5.25. The Morgan fingerprint density at radius 3 is 2.80 bits per heavy atom. The Morgan fingerprint density at radius 2 is 2.13 bits per heavy atom. The fourth-order valence-corrected chi connectivity index (χ4v) is 1.55. The van der Waals surface area contributed by atoms with Crippen LogP contribution in [0.15, 0.2) is 18.2 Å². The lowest BCUT2D eigenvalue weighted by Gasteiger charge is -2.27. The van der Waals surface area contributed by atoms with Crippen LogP contribution in [0.1, 0.15) is 10.5 Å². The summed E-state index contributed by atoms with van der Waals surface area (Å²) in [4.78, 5) is 17.4. The second-order valence-corrected chi connectivity index (χ2v) is 3.40. The van der Waals surface area contributed by atoms with E-state index in [-0.39, 0.29) is 5.78 Å². The van der Waals surface area contributed by atoms with Crippen LogP contribution in [-0.4, -0.2) is 37.1 Å². The van der Waals surface area contributed by atoms with Gasteiger partial charge < -0.3 is 9.64 Å². The van der Waals surface area contributed by atoms with Crippen molar-refractivity contribution in [3.63, 3.8) is 0 Å². The lowest BCUT2D eigenvalue weighted by molar-refractivity contribution is 0.103. The predicted octanol–water partition coefficient (Wildman–Crippen LogP) is 0.935. The van der Waals surface area contributed by atoms with Crippen LogP contribution in [0.3, 0.4) is 0 Å². The molecule has 0 saturated carbocycles. The van der Waals surface area contributed by atoms with Gasteiger partial charge in [0.05, 0.1) is 13.2 Å². The van der Waals surface area contributed by atoms with E-state index in [2.05, 4.69) is 16.8 Å². The standard InChI is InChI=1S/C11H13N2O2/c1-9(14)10-3-2-4-11(12-10)13-5-7-15-8-6-13/h2-4H,1,5-8H2. The first-order chi connectivity index (χ1) is 7.27. The molecule has 1 aromatic heterocycles. The summed E-state index contributed by atoms with van der Waals surface area (Å²) in [6, 6.07) is 5.41. The van der Waals surface area contributed by atoms with Crippen LogP contribution in [0.5, 0.6) is 0 Å². The molecule has 0 aromatic carbocycles. The number of hydrogen-bond acceptors (Lipinski definition) is 4. The number of anilines is 1. The summed E-state index contributed by atoms with van der Waals surface area (Å²) in [5, 5.41) is 0. The first-order valence-corrected chi connectivity index (χ1v) is 4.93. The number of morpholine rings is 1. The summed E-state index contributed by atoms with van der Waals surface area (Å²) in [6.45, 7) is 6.42. The molecule has 0 aliphatic carbocycles. The molecule has 1 aromatic rings. The maximum atomic E-state index is 11.1. The van der Waals surface area contributed by atoms with Crippen molar-refractivity contribution in [1.82, 2.24) is 4.98 Å². The molecule has 79 valence electrons. The van der Waals surface area contributed by atoms with Gasteiger partial charge in [-0.25, -0.2) is 4.98 Å². The van der Waals surface area contributed by atoms with Crippen molar-refractivity contribution in [3.05, 3.63) is 30.8 Å². The third-order valence-electron chi connectivity index (χ3n) is 2.36. The van der Waals surface area contributed by atoms with E-state index >= 15 is 0 Å². The summed E-state index contributed by atoms with van der Waals surface area (Å²) in [7, 11) is 0. The molecule has 0 unspecified atom stereocenters. The highest BCUT2D eigenvalue weighted by molar-refractivity contribution is 5.97. The SMILES string of the molecule is [CH2]C(=O)c1cccc(N2CCOCC2)n1. The van der Waals surface area contributed by atoms with E-state index in [0.29, 0.717) is 18.9 Å². The van der Waals surface area contributed by atoms with E-state index in [1.54, 1.807) is 6.07 Å². The third-order valence-corrected chi connectivity index (χ3v) is 2.36.